The largest absolute Gasteiger partial charge is 0.479 e. The first-order chi connectivity index (χ1) is 17.1. The van der Waals surface area contributed by atoms with Crippen molar-refractivity contribution in [3.05, 3.63) is 12.2 Å². The summed E-state index contributed by atoms with van der Waals surface area (Å²) in [7, 11) is 0. The number of aliphatic carboxylic acids is 1. The fraction of sp³-hybridized carbons (Fsp3) is 0.875. The molecule has 5 aliphatic carbocycles. The van der Waals surface area contributed by atoms with E-state index in [9.17, 15) is 19.8 Å². The molecule has 0 aromatic heterocycles. The van der Waals surface area contributed by atoms with Crippen LogP contribution >= 0.6 is 0 Å². The highest BCUT2D eigenvalue weighted by atomic mass is 16.6. The quantitative estimate of drug-likeness (QED) is 0.325. The molecule has 2 N–H and O–H groups in total. The summed E-state index contributed by atoms with van der Waals surface area (Å²) in [5, 5.41) is 20.1. The molecule has 5 nitrogen and oxygen atoms in total. The molecule has 0 spiro atoms. The SMILES string of the molecule is C=C(C)[C@@H]1CC[C@]2(C(=O)OCC(=O)O)CC[C@]3(C)C(CCC4[C@@]5(C)CC[C@H](O)C(C)(C)C5CC[C@]43C)C12. The molecule has 0 saturated heterocycles. The van der Waals surface area contributed by atoms with E-state index in [1.54, 1.807) is 0 Å². The molecule has 10 atom stereocenters. The second-order valence-electron chi connectivity index (χ2n) is 15.2. The van der Waals surface area contributed by atoms with Gasteiger partial charge in [0.2, 0.25) is 0 Å². The summed E-state index contributed by atoms with van der Waals surface area (Å²) < 4.78 is 5.45. The van der Waals surface area contributed by atoms with Crippen LogP contribution in [0.25, 0.3) is 0 Å². The van der Waals surface area contributed by atoms with Gasteiger partial charge in [0, 0.05) is 0 Å². The van der Waals surface area contributed by atoms with Gasteiger partial charge < -0.3 is 14.9 Å². The van der Waals surface area contributed by atoms with Crippen LogP contribution < -0.4 is 0 Å². The van der Waals surface area contributed by atoms with E-state index in [1.807, 2.05) is 0 Å². The number of carbonyl (C=O) groups is 2. The molecule has 5 aliphatic rings. The van der Waals surface area contributed by atoms with E-state index in [2.05, 4.69) is 48.1 Å². The number of carboxylic acid groups (broad SMARTS) is 1. The lowest BCUT2D eigenvalue weighted by Crippen LogP contribution is -2.67. The van der Waals surface area contributed by atoms with Crippen molar-refractivity contribution in [1.29, 1.82) is 0 Å². The number of carbonyl (C=O) groups excluding carboxylic acids is 1. The monoisotopic (exact) mass is 514 g/mol. The maximum Gasteiger partial charge on any atom is 0.341 e. The number of hydrogen-bond donors (Lipinski definition) is 2. The van der Waals surface area contributed by atoms with Crippen molar-refractivity contribution < 1.29 is 24.5 Å². The van der Waals surface area contributed by atoms with Gasteiger partial charge in [0.15, 0.2) is 6.61 Å². The predicted octanol–water partition coefficient (Wildman–Crippen LogP) is 6.63. The van der Waals surface area contributed by atoms with Gasteiger partial charge in [0.25, 0.3) is 0 Å². The van der Waals surface area contributed by atoms with Gasteiger partial charge in [-0.2, -0.15) is 0 Å². The molecule has 208 valence electrons. The predicted molar refractivity (Wildman–Crippen MR) is 144 cm³/mol. The number of carboxylic acids is 1. The molecule has 0 aliphatic heterocycles. The molecular weight excluding hydrogens is 464 g/mol. The van der Waals surface area contributed by atoms with Crippen LogP contribution in [0.15, 0.2) is 12.2 Å². The minimum Gasteiger partial charge on any atom is -0.479 e. The van der Waals surface area contributed by atoms with Crippen molar-refractivity contribution in [2.75, 3.05) is 6.61 Å². The van der Waals surface area contributed by atoms with Crippen molar-refractivity contribution in [2.24, 2.45) is 56.7 Å². The summed E-state index contributed by atoms with van der Waals surface area (Å²) in [6.45, 7) is 18.2. The standard InChI is InChI=1S/C32H50O5/c1-19(2)20-10-15-32(27(36)37-18-25(34)35)17-16-30(6)21(26(20)32)8-9-23-29(5)13-12-24(33)28(3,4)22(29)11-14-31(23,30)7/h20-24,26,33H,1,8-18H2,2-7H3,(H,34,35)/t20-,21?,22?,23?,24-,26?,29-,30+,31+,32-/m0/s1. The zero-order valence-electron chi connectivity index (χ0n) is 24.1. The number of aliphatic hydroxyl groups is 1. The Morgan fingerprint density at radius 3 is 2.22 bits per heavy atom. The third-order valence-electron chi connectivity index (χ3n) is 13.8. The molecule has 0 radical (unpaired) electrons. The molecule has 0 aromatic rings. The Balaban J connectivity index is 1.53. The first-order valence-corrected chi connectivity index (χ1v) is 14.9. The van der Waals surface area contributed by atoms with Crippen molar-refractivity contribution in [3.63, 3.8) is 0 Å². The van der Waals surface area contributed by atoms with Crippen LogP contribution in [0.1, 0.15) is 106 Å². The first kappa shape index (κ1) is 27.2. The third kappa shape index (κ3) is 3.50. The topological polar surface area (TPSA) is 83.8 Å². The van der Waals surface area contributed by atoms with E-state index < -0.39 is 18.0 Å². The minimum absolute atomic E-state index is 0.0573. The van der Waals surface area contributed by atoms with Gasteiger partial charge in [0.1, 0.15) is 0 Å². The number of fused-ring (bicyclic) bond motifs is 7. The minimum atomic E-state index is -1.09. The van der Waals surface area contributed by atoms with E-state index >= 15 is 0 Å². The normalized spacial score (nSPS) is 50.1. The Morgan fingerprint density at radius 1 is 0.865 bits per heavy atom. The molecule has 0 amide bonds. The average molecular weight is 515 g/mol. The van der Waals surface area contributed by atoms with Crippen LogP contribution in [-0.4, -0.2) is 34.9 Å². The van der Waals surface area contributed by atoms with Crippen molar-refractivity contribution in [1.82, 2.24) is 0 Å². The molecular formula is C32H50O5. The molecule has 0 bridgehead atoms. The van der Waals surface area contributed by atoms with Crippen molar-refractivity contribution in [2.45, 2.75) is 112 Å². The van der Waals surface area contributed by atoms with E-state index in [4.69, 9.17) is 4.74 Å². The maximum atomic E-state index is 13.6. The fourth-order valence-corrected chi connectivity index (χ4v) is 11.8. The number of aliphatic hydroxyl groups excluding tert-OH is 1. The maximum absolute atomic E-state index is 13.6. The van der Waals surface area contributed by atoms with Gasteiger partial charge in [-0.05, 0) is 122 Å². The molecule has 0 heterocycles. The van der Waals surface area contributed by atoms with Crippen LogP contribution in [0.3, 0.4) is 0 Å². The molecule has 5 fully saturated rings. The molecule has 0 aromatic carbocycles. The van der Waals surface area contributed by atoms with E-state index in [0.29, 0.717) is 17.8 Å². The smallest absolute Gasteiger partial charge is 0.341 e. The summed E-state index contributed by atoms with van der Waals surface area (Å²) in [5.41, 5.74) is 1.04. The van der Waals surface area contributed by atoms with E-state index in [-0.39, 0.29) is 45.6 Å². The first-order valence-electron chi connectivity index (χ1n) is 14.9. The molecule has 4 unspecified atom stereocenters. The lowest BCUT2D eigenvalue weighted by atomic mass is 9.32. The van der Waals surface area contributed by atoms with Crippen LogP contribution in [-0.2, 0) is 14.3 Å². The van der Waals surface area contributed by atoms with Gasteiger partial charge >= 0.3 is 11.9 Å². The number of hydrogen-bond acceptors (Lipinski definition) is 4. The summed E-state index contributed by atoms with van der Waals surface area (Å²) >= 11 is 0. The van der Waals surface area contributed by atoms with Crippen LogP contribution in [0.2, 0.25) is 0 Å². The Kier molecular flexibility index (Phi) is 6.30. The summed E-state index contributed by atoms with van der Waals surface area (Å²) in [4.78, 5) is 24.8. The van der Waals surface area contributed by atoms with Gasteiger partial charge in [-0.1, -0.05) is 46.8 Å². The second kappa shape index (κ2) is 8.57. The highest BCUT2D eigenvalue weighted by Crippen LogP contribution is 2.77. The summed E-state index contributed by atoms with van der Waals surface area (Å²) in [6.07, 6.45) is 9.94. The molecule has 5 heteroatoms. The Morgan fingerprint density at radius 2 is 1.57 bits per heavy atom. The van der Waals surface area contributed by atoms with Gasteiger partial charge in [-0.15, -0.1) is 0 Å². The van der Waals surface area contributed by atoms with Crippen molar-refractivity contribution in [3.8, 4) is 0 Å². The van der Waals surface area contributed by atoms with Gasteiger partial charge in [0.05, 0.1) is 11.5 Å². The van der Waals surface area contributed by atoms with Crippen LogP contribution in [0.5, 0.6) is 0 Å². The Bertz CT molecular complexity index is 986. The number of ether oxygens (including phenoxy) is 1. The molecule has 37 heavy (non-hydrogen) atoms. The average Bonchev–Trinajstić information content (AvgIpc) is 3.22. The van der Waals surface area contributed by atoms with Crippen molar-refractivity contribution >= 4 is 11.9 Å². The zero-order chi connectivity index (χ0) is 27.2. The highest BCUT2D eigenvalue weighted by Gasteiger charge is 2.72. The lowest BCUT2D eigenvalue weighted by molar-refractivity contribution is -0.248. The Hall–Kier alpha value is -1.36. The molecule has 5 rings (SSSR count). The summed E-state index contributed by atoms with van der Waals surface area (Å²) in [5.74, 6) is 0.655. The Labute approximate surface area is 223 Å². The van der Waals surface area contributed by atoms with Gasteiger partial charge in [-0.25, -0.2) is 4.79 Å². The van der Waals surface area contributed by atoms with Gasteiger partial charge in [-0.3, -0.25) is 4.79 Å². The van der Waals surface area contributed by atoms with Crippen LogP contribution in [0, 0.1) is 56.7 Å². The zero-order valence-corrected chi connectivity index (χ0v) is 24.1. The number of esters is 1. The van der Waals surface area contributed by atoms with E-state index in [0.717, 1.165) is 56.9 Å². The van der Waals surface area contributed by atoms with E-state index in [1.165, 1.54) is 12.8 Å². The van der Waals surface area contributed by atoms with Crippen LogP contribution in [0.4, 0.5) is 0 Å². The molecule has 5 saturated carbocycles. The third-order valence-corrected chi connectivity index (χ3v) is 13.8. The fourth-order valence-electron chi connectivity index (χ4n) is 11.8. The number of rotatable bonds is 4. The number of allylic oxidation sites excluding steroid dienone is 1. The highest BCUT2D eigenvalue weighted by molar-refractivity contribution is 5.81. The summed E-state index contributed by atoms with van der Waals surface area (Å²) in [6, 6.07) is 0. The lowest BCUT2D eigenvalue weighted by Gasteiger charge is -2.72. The second-order valence-corrected chi connectivity index (χ2v) is 15.2.